The number of hydrogen-bond acceptors (Lipinski definition) is 2. The van der Waals surface area contributed by atoms with Crippen molar-refractivity contribution in [3.8, 4) is 0 Å². The zero-order chi connectivity index (χ0) is 12.4. The molecule has 5 heteroatoms. The highest BCUT2D eigenvalue weighted by molar-refractivity contribution is 6.21. The molecule has 0 bridgehead atoms. The second-order valence-corrected chi connectivity index (χ2v) is 5.13. The van der Waals surface area contributed by atoms with Crippen LogP contribution in [0.15, 0.2) is 18.5 Å². The predicted molar refractivity (Wildman–Crippen MR) is 63.5 cm³/mol. The molecule has 0 aromatic carbocycles. The summed E-state index contributed by atoms with van der Waals surface area (Å²) in [6.07, 6.45) is 4.36. The predicted octanol–water partition coefficient (Wildman–Crippen LogP) is 2.31. The lowest BCUT2D eigenvalue weighted by atomic mass is 9.84. The molecule has 2 rings (SSSR count). The summed E-state index contributed by atoms with van der Waals surface area (Å²) >= 11 is 5.88. The van der Waals surface area contributed by atoms with E-state index in [1.165, 1.54) is 12.3 Å². The molecule has 1 amide bonds. The van der Waals surface area contributed by atoms with E-state index in [2.05, 4.69) is 4.98 Å². The van der Waals surface area contributed by atoms with Crippen molar-refractivity contribution in [3.05, 3.63) is 29.8 Å². The Hall–Kier alpha value is -1.16. The van der Waals surface area contributed by atoms with Gasteiger partial charge in [-0.25, -0.2) is 4.39 Å². The molecule has 0 unspecified atom stereocenters. The van der Waals surface area contributed by atoms with Gasteiger partial charge in [-0.05, 0) is 24.8 Å². The molecule has 1 aromatic rings. The highest BCUT2D eigenvalue weighted by Crippen LogP contribution is 2.32. The van der Waals surface area contributed by atoms with Crippen LogP contribution < -0.4 is 0 Å². The third-order valence-corrected chi connectivity index (χ3v) is 3.37. The van der Waals surface area contributed by atoms with Gasteiger partial charge in [-0.3, -0.25) is 9.78 Å². The Labute approximate surface area is 105 Å². The zero-order valence-electron chi connectivity index (χ0n) is 9.57. The van der Waals surface area contributed by atoms with E-state index >= 15 is 0 Å². The van der Waals surface area contributed by atoms with Gasteiger partial charge in [0.05, 0.1) is 11.8 Å². The first-order valence-electron chi connectivity index (χ1n) is 5.56. The van der Waals surface area contributed by atoms with E-state index < -0.39 is 5.82 Å². The van der Waals surface area contributed by atoms with Crippen LogP contribution in [-0.2, 0) is 0 Å². The van der Waals surface area contributed by atoms with Crippen LogP contribution in [0.2, 0.25) is 0 Å². The minimum atomic E-state index is -0.492. The highest BCUT2D eigenvalue weighted by atomic mass is 35.5. The first kappa shape index (κ1) is 12.3. The topological polar surface area (TPSA) is 33.2 Å². The molecule has 1 fully saturated rings. The van der Waals surface area contributed by atoms with E-state index in [1.54, 1.807) is 11.9 Å². The third kappa shape index (κ3) is 2.94. The molecule has 0 spiro atoms. The number of rotatable bonds is 3. The van der Waals surface area contributed by atoms with Gasteiger partial charge in [0.15, 0.2) is 0 Å². The van der Waals surface area contributed by atoms with Gasteiger partial charge in [-0.15, -0.1) is 11.6 Å². The number of alkyl halides is 1. The van der Waals surface area contributed by atoms with Gasteiger partial charge < -0.3 is 4.90 Å². The van der Waals surface area contributed by atoms with Crippen molar-refractivity contribution < 1.29 is 9.18 Å². The molecule has 17 heavy (non-hydrogen) atoms. The van der Waals surface area contributed by atoms with Crippen LogP contribution >= 0.6 is 11.6 Å². The molecule has 0 aliphatic heterocycles. The minimum Gasteiger partial charge on any atom is -0.341 e. The van der Waals surface area contributed by atoms with Crippen molar-refractivity contribution in [2.24, 2.45) is 5.92 Å². The maximum absolute atomic E-state index is 12.9. The molecule has 3 nitrogen and oxygen atoms in total. The van der Waals surface area contributed by atoms with Crippen molar-refractivity contribution >= 4 is 17.5 Å². The monoisotopic (exact) mass is 256 g/mol. The SMILES string of the molecule is CN(CC1CC(Cl)C1)C(=O)c1cncc(F)c1. The minimum absolute atomic E-state index is 0.199. The van der Waals surface area contributed by atoms with Crippen LogP contribution in [0.4, 0.5) is 4.39 Å². The first-order valence-corrected chi connectivity index (χ1v) is 6.00. The molecule has 1 saturated carbocycles. The van der Waals surface area contributed by atoms with Crippen molar-refractivity contribution in [2.45, 2.75) is 18.2 Å². The van der Waals surface area contributed by atoms with E-state index in [0.717, 1.165) is 19.0 Å². The largest absolute Gasteiger partial charge is 0.341 e. The Kier molecular flexibility index (Phi) is 3.62. The number of carbonyl (C=O) groups is 1. The van der Waals surface area contributed by atoms with E-state index in [4.69, 9.17) is 11.6 Å². The maximum atomic E-state index is 12.9. The van der Waals surface area contributed by atoms with Gasteiger partial charge in [0.2, 0.25) is 0 Å². The number of amides is 1. The fourth-order valence-corrected chi connectivity index (χ4v) is 2.53. The summed E-state index contributed by atoms with van der Waals surface area (Å²) in [7, 11) is 1.72. The van der Waals surface area contributed by atoms with Crippen molar-refractivity contribution in [2.75, 3.05) is 13.6 Å². The van der Waals surface area contributed by atoms with Gasteiger partial charge in [-0.2, -0.15) is 0 Å². The number of nitrogens with zero attached hydrogens (tertiary/aromatic N) is 2. The van der Waals surface area contributed by atoms with Gasteiger partial charge in [-0.1, -0.05) is 0 Å². The molecule has 1 heterocycles. The number of carbonyl (C=O) groups excluding carboxylic acids is 1. The molecule has 0 atom stereocenters. The second kappa shape index (κ2) is 5.00. The van der Waals surface area contributed by atoms with Gasteiger partial charge in [0, 0.05) is 25.2 Å². The number of halogens is 2. The number of aromatic nitrogens is 1. The Balaban J connectivity index is 1.95. The summed E-state index contributed by atoms with van der Waals surface area (Å²) in [6, 6.07) is 1.21. The van der Waals surface area contributed by atoms with Gasteiger partial charge in [0.1, 0.15) is 5.82 Å². The molecule has 1 aromatic heterocycles. The van der Waals surface area contributed by atoms with Gasteiger partial charge >= 0.3 is 0 Å². The fourth-order valence-electron chi connectivity index (χ4n) is 2.02. The molecule has 0 radical (unpaired) electrons. The molecule has 1 aliphatic rings. The van der Waals surface area contributed by atoms with Gasteiger partial charge in [0.25, 0.3) is 5.91 Å². The lowest BCUT2D eigenvalue weighted by Crippen LogP contribution is -2.38. The van der Waals surface area contributed by atoms with Crippen LogP contribution in [0.5, 0.6) is 0 Å². The van der Waals surface area contributed by atoms with Crippen molar-refractivity contribution in [1.29, 1.82) is 0 Å². The Bertz CT molecular complexity index is 421. The van der Waals surface area contributed by atoms with E-state index in [1.807, 2.05) is 0 Å². The summed E-state index contributed by atoms with van der Waals surface area (Å²) in [6.45, 7) is 0.665. The molecular formula is C12H14ClFN2O. The summed E-state index contributed by atoms with van der Waals surface area (Å²) < 4.78 is 12.9. The van der Waals surface area contributed by atoms with Crippen molar-refractivity contribution in [3.63, 3.8) is 0 Å². The first-order chi connectivity index (χ1) is 8.06. The van der Waals surface area contributed by atoms with Crippen LogP contribution in [-0.4, -0.2) is 34.8 Å². The maximum Gasteiger partial charge on any atom is 0.255 e. The van der Waals surface area contributed by atoms with Crippen LogP contribution in [0.25, 0.3) is 0 Å². The Morgan fingerprint density at radius 3 is 2.88 bits per heavy atom. The lowest BCUT2D eigenvalue weighted by Gasteiger charge is -2.34. The second-order valence-electron chi connectivity index (χ2n) is 4.51. The Morgan fingerprint density at radius 1 is 1.59 bits per heavy atom. The lowest BCUT2D eigenvalue weighted by molar-refractivity contribution is 0.0746. The average Bonchev–Trinajstić information content (AvgIpc) is 2.26. The van der Waals surface area contributed by atoms with Crippen molar-refractivity contribution in [1.82, 2.24) is 9.88 Å². The summed E-state index contributed by atoms with van der Waals surface area (Å²) in [4.78, 5) is 17.2. The molecule has 92 valence electrons. The van der Waals surface area contributed by atoms with Crippen LogP contribution in [0.3, 0.4) is 0 Å². The average molecular weight is 257 g/mol. The quantitative estimate of drug-likeness (QED) is 0.778. The standard InChI is InChI=1S/C12H14ClFN2O/c1-16(7-8-2-10(13)3-8)12(17)9-4-11(14)6-15-5-9/h4-6,8,10H,2-3,7H2,1H3. The summed E-state index contributed by atoms with van der Waals surface area (Å²) in [5.41, 5.74) is 0.286. The number of hydrogen-bond donors (Lipinski definition) is 0. The highest BCUT2D eigenvalue weighted by Gasteiger charge is 2.29. The molecule has 0 saturated heterocycles. The summed E-state index contributed by atoms with van der Waals surface area (Å²) in [5, 5.41) is 0.249. The Morgan fingerprint density at radius 2 is 2.29 bits per heavy atom. The van der Waals surface area contributed by atoms with E-state index in [0.29, 0.717) is 12.5 Å². The zero-order valence-corrected chi connectivity index (χ0v) is 10.3. The van der Waals surface area contributed by atoms with Crippen LogP contribution in [0, 0.1) is 11.7 Å². The normalized spacial score (nSPS) is 23.0. The smallest absolute Gasteiger partial charge is 0.255 e. The number of pyridine rings is 1. The summed E-state index contributed by atoms with van der Waals surface area (Å²) in [5.74, 6) is -0.225. The molecule has 1 aliphatic carbocycles. The van der Waals surface area contributed by atoms with E-state index in [-0.39, 0.29) is 16.8 Å². The van der Waals surface area contributed by atoms with E-state index in [9.17, 15) is 9.18 Å². The molecular weight excluding hydrogens is 243 g/mol. The third-order valence-electron chi connectivity index (χ3n) is 3.01. The fraction of sp³-hybridized carbons (Fsp3) is 0.500. The van der Waals surface area contributed by atoms with Crippen LogP contribution in [0.1, 0.15) is 23.2 Å². The molecule has 0 N–H and O–H groups in total.